The van der Waals surface area contributed by atoms with Crippen LogP contribution >= 0.6 is 22.9 Å². The van der Waals surface area contributed by atoms with Gasteiger partial charge in [-0.3, -0.25) is 0 Å². The molecule has 0 amide bonds. The lowest BCUT2D eigenvalue weighted by Gasteiger charge is -2.35. The number of piperazine rings is 1. The minimum atomic E-state index is 0.463. The van der Waals surface area contributed by atoms with Crippen molar-refractivity contribution in [3.63, 3.8) is 0 Å². The number of halogens is 1. The highest BCUT2D eigenvalue weighted by Crippen LogP contribution is 2.26. The molecule has 0 aliphatic carbocycles. The van der Waals surface area contributed by atoms with Gasteiger partial charge in [-0.05, 0) is 11.6 Å². The molecular weight excluding hydrogens is 294 g/mol. The first-order valence-electron chi connectivity index (χ1n) is 6.52. The summed E-state index contributed by atoms with van der Waals surface area (Å²) in [5, 5.41) is 3.77. The van der Waals surface area contributed by atoms with Gasteiger partial charge in [-0.1, -0.05) is 11.6 Å². The molecule has 1 aliphatic heterocycles. The molecule has 3 heterocycles. The van der Waals surface area contributed by atoms with E-state index < -0.39 is 0 Å². The first-order chi connectivity index (χ1) is 9.78. The molecule has 5 nitrogen and oxygen atoms in total. The van der Waals surface area contributed by atoms with Crippen LogP contribution in [0, 0.1) is 0 Å². The maximum atomic E-state index is 6.29. The Labute approximate surface area is 127 Å². The summed E-state index contributed by atoms with van der Waals surface area (Å²) in [6.07, 6.45) is 3.64. The fourth-order valence-corrected chi connectivity index (χ4v) is 3.30. The monoisotopic (exact) mass is 309 g/mol. The highest BCUT2D eigenvalue weighted by Gasteiger charge is 2.21. The largest absolute Gasteiger partial charge is 0.352 e. The summed E-state index contributed by atoms with van der Waals surface area (Å²) in [6, 6.07) is 1.90. The highest BCUT2D eigenvalue weighted by molar-refractivity contribution is 7.13. The lowest BCUT2D eigenvalue weighted by Crippen LogP contribution is -2.46. The molecular formula is C13H16ClN5S. The Morgan fingerprint density at radius 2 is 1.95 bits per heavy atom. The molecule has 2 aromatic heterocycles. The molecule has 2 N–H and O–H groups in total. The van der Waals surface area contributed by atoms with Crippen molar-refractivity contribution in [2.75, 3.05) is 36.0 Å². The maximum absolute atomic E-state index is 6.29. The zero-order valence-electron chi connectivity index (χ0n) is 11.0. The summed E-state index contributed by atoms with van der Waals surface area (Å²) in [4.78, 5) is 13.3. The van der Waals surface area contributed by atoms with Crippen LogP contribution in [0.5, 0.6) is 0 Å². The third-order valence-corrected chi connectivity index (χ3v) is 4.49. The average molecular weight is 310 g/mol. The molecule has 20 heavy (non-hydrogen) atoms. The van der Waals surface area contributed by atoms with Crippen LogP contribution in [0.1, 0.15) is 5.56 Å². The molecule has 106 valence electrons. The van der Waals surface area contributed by atoms with Crippen LogP contribution < -0.4 is 15.5 Å². The molecule has 0 spiro atoms. The Hall–Kier alpha value is -1.37. The van der Waals surface area contributed by atoms with Gasteiger partial charge in [0, 0.05) is 50.5 Å². The molecule has 0 atom stereocenters. The van der Waals surface area contributed by atoms with Gasteiger partial charge in [0.05, 0.1) is 5.02 Å². The number of hydrogen-bond acceptors (Lipinski definition) is 6. The van der Waals surface area contributed by atoms with Gasteiger partial charge in [0.1, 0.15) is 5.82 Å². The number of aromatic nitrogens is 2. The van der Waals surface area contributed by atoms with E-state index in [0.717, 1.165) is 42.7 Å². The van der Waals surface area contributed by atoms with E-state index in [9.17, 15) is 0 Å². The van der Waals surface area contributed by atoms with Crippen molar-refractivity contribution in [3.05, 3.63) is 34.4 Å². The van der Waals surface area contributed by atoms with Crippen LogP contribution in [0.4, 0.5) is 10.9 Å². The summed E-state index contributed by atoms with van der Waals surface area (Å²) in [7, 11) is 0. The van der Waals surface area contributed by atoms with Crippen LogP contribution in [0.3, 0.4) is 0 Å². The molecule has 0 bridgehead atoms. The number of anilines is 2. The fourth-order valence-electron chi connectivity index (χ4n) is 2.30. The molecule has 1 fully saturated rings. The number of hydrogen-bond donors (Lipinski definition) is 1. The number of rotatable bonds is 3. The molecule has 0 unspecified atom stereocenters. The summed E-state index contributed by atoms with van der Waals surface area (Å²) in [5.74, 6) is 0.850. The van der Waals surface area contributed by atoms with Gasteiger partial charge >= 0.3 is 0 Å². The lowest BCUT2D eigenvalue weighted by atomic mass is 10.2. The summed E-state index contributed by atoms with van der Waals surface area (Å²) < 4.78 is 0. The van der Waals surface area contributed by atoms with Crippen LogP contribution in [0.2, 0.25) is 5.02 Å². The topological polar surface area (TPSA) is 58.3 Å². The normalized spacial score (nSPS) is 15.7. The summed E-state index contributed by atoms with van der Waals surface area (Å²) in [5.41, 5.74) is 6.55. The SMILES string of the molecule is NCc1cnc(N2CCN(c3nccs3)CC2)c(Cl)c1. The molecule has 0 saturated carbocycles. The highest BCUT2D eigenvalue weighted by atomic mass is 35.5. The van der Waals surface area contributed by atoms with Crippen LogP contribution in [-0.4, -0.2) is 36.1 Å². The third-order valence-electron chi connectivity index (χ3n) is 3.38. The number of thiazole rings is 1. The van der Waals surface area contributed by atoms with Gasteiger partial charge in [0.25, 0.3) is 0 Å². The van der Waals surface area contributed by atoms with Crippen molar-refractivity contribution in [2.45, 2.75) is 6.54 Å². The minimum Gasteiger partial charge on any atom is -0.352 e. The van der Waals surface area contributed by atoms with Gasteiger partial charge in [0.2, 0.25) is 0 Å². The zero-order valence-corrected chi connectivity index (χ0v) is 12.6. The van der Waals surface area contributed by atoms with Gasteiger partial charge in [-0.15, -0.1) is 11.3 Å². The quantitative estimate of drug-likeness (QED) is 0.939. The number of nitrogens with two attached hydrogens (primary N) is 1. The Kier molecular flexibility index (Phi) is 4.05. The van der Waals surface area contributed by atoms with E-state index in [1.54, 1.807) is 17.5 Å². The Morgan fingerprint density at radius 1 is 1.20 bits per heavy atom. The fraction of sp³-hybridized carbons (Fsp3) is 0.385. The van der Waals surface area contributed by atoms with Crippen molar-refractivity contribution >= 4 is 33.9 Å². The minimum absolute atomic E-state index is 0.463. The van der Waals surface area contributed by atoms with Crippen molar-refractivity contribution in [1.29, 1.82) is 0 Å². The second-order valence-corrected chi connectivity index (χ2v) is 5.92. The lowest BCUT2D eigenvalue weighted by molar-refractivity contribution is 0.646. The van der Waals surface area contributed by atoms with E-state index in [0.29, 0.717) is 11.6 Å². The Balaban J connectivity index is 1.69. The Bertz CT molecular complexity index is 566. The van der Waals surface area contributed by atoms with Gasteiger partial charge < -0.3 is 15.5 Å². The van der Waals surface area contributed by atoms with Crippen molar-refractivity contribution in [1.82, 2.24) is 9.97 Å². The van der Waals surface area contributed by atoms with Crippen molar-refractivity contribution < 1.29 is 0 Å². The van der Waals surface area contributed by atoms with E-state index in [2.05, 4.69) is 19.8 Å². The van der Waals surface area contributed by atoms with E-state index in [1.807, 2.05) is 17.6 Å². The first-order valence-corrected chi connectivity index (χ1v) is 7.77. The third kappa shape index (κ3) is 2.72. The molecule has 0 radical (unpaired) electrons. The average Bonchev–Trinajstić information content (AvgIpc) is 3.01. The first kappa shape index (κ1) is 13.6. The second kappa shape index (κ2) is 5.95. The standard InChI is InChI=1S/C13H16ClN5S/c14-11-7-10(8-15)9-17-12(11)18-2-4-19(5-3-18)13-16-1-6-20-13/h1,6-7,9H,2-5,8,15H2. The van der Waals surface area contributed by atoms with E-state index >= 15 is 0 Å². The van der Waals surface area contributed by atoms with Crippen LogP contribution in [0.25, 0.3) is 0 Å². The summed E-state index contributed by atoms with van der Waals surface area (Å²) in [6.45, 7) is 4.13. The van der Waals surface area contributed by atoms with E-state index in [1.165, 1.54) is 0 Å². The van der Waals surface area contributed by atoms with Gasteiger partial charge in [0.15, 0.2) is 5.13 Å². The van der Waals surface area contributed by atoms with Crippen LogP contribution in [-0.2, 0) is 6.54 Å². The zero-order chi connectivity index (χ0) is 13.9. The number of pyridine rings is 1. The summed E-state index contributed by atoms with van der Waals surface area (Å²) >= 11 is 7.97. The molecule has 2 aromatic rings. The Morgan fingerprint density at radius 3 is 2.55 bits per heavy atom. The molecule has 3 rings (SSSR count). The smallest absolute Gasteiger partial charge is 0.185 e. The van der Waals surface area contributed by atoms with Crippen molar-refractivity contribution in [2.24, 2.45) is 5.73 Å². The second-order valence-electron chi connectivity index (χ2n) is 4.64. The molecule has 7 heteroatoms. The molecule has 1 saturated heterocycles. The maximum Gasteiger partial charge on any atom is 0.185 e. The van der Waals surface area contributed by atoms with E-state index in [4.69, 9.17) is 17.3 Å². The predicted molar refractivity (Wildman–Crippen MR) is 83.7 cm³/mol. The molecule has 0 aromatic carbocycles. The predicted octanol–water partition coefficient (Wildman–Crippen LogP) is 1.98. The van der Waals surface area contributed by atoms with E-state index in [-0.39, 0.29) is 0 Å². The van der Waals surface area contributed by atoms with Gasteiger partial charge in [-0.25, -0.2) is 9.97 Å². The van der Waals surface area contributed by atoms with Crippen molar-refractivity contribution in [3.8, 4) is 0 Å². The number of nitrogens with zero attached hydrogens (tertiary/aromatic N) is 4. The molecule has 1 aliphatic rings. The van der Waals surface area contributed by atoms with Gasteiger partial charge in [-0.2, -0.15) is 0 Å². The van der Waals surface area contributed by atoms with Crippen LogP contribution in [0.15, 0.2) is 23.8 Å².